The predicted octanol–water partition coefficient (Wildman–Crippen LogP) is 2.19. The number of allylic oxidation sites excluding steroid dienone is 1. The Labute approximate surface area is 82.5 Å². The van der Waals surface area contributed by atoms with Crippen LogP contribution in [0, 0.1) is 6.92 Å². The average molecular weight is 195 g/mol. The Bertz CT molecular complexity index is 352. The van der Waals surface area contributed by atoms with Gasteiger partial charge in [0.25, 0.3) is 0 Å². The summed E-state index contributed by atoms with van der Waals surface area (Å²) in [5.41, 5.74) is 0.960. The van der Waals surface area contributed by atoms with Gasteiger partial charge in [0.15, 0.2) is 11.5 Å². The largest absolute Gasteiger partial charge is 0.461 e. The molecular weight excluding hydrogens is 182 g/mol. The van der Waals surface area contributed by atoms with Crippen molar-refractivity contribution in [1.29, 1.82) is 0 Å². The van der Waals surface area contributed by atoms with Gasteiger partial charge in [0.1, 0.15) is 0 Å². The maximum atomic E-state index is 11.3. The molecule has 0 saturated heterocycles. The summed E-state index contributed by atoms with van der Waals surface area (Å²) in [6.07, 6.45) is 3.58. The van der Waals surface area contributed by atoms with Crippen LogP contribution in [-0.2, 0) is 4.74 Å². The molecule has 4 nitrogen and oxygen atoms in total. The summed E-state index contributed by atoms with van der Waals surface area (Å²) < 4.78 is 9.78. The minimum Gasteiger partial charge on any atom is -0.461 e. The lowest BCUT2D eigenvalue weighted by Gasteiger charge is -1.96. The number of hydrogen-bond acceptors (Lipinski definition) is 4. The monoisotopic (exact) mass is 195 g/mol. The van der Waals surface area contributed by atoms with E-state index in [4.69, 9.17) is 9.26 Å². The smallest absolute Gasteiger partial charge is 0.360 e. The minimum absolute atomic E-state index is 0.250. The fourth-order valence-electron chi connectivity index (χ4n) is 1.05. The molecule has 76 valence electrons. The molecule has 0 bridgehead atoms. The van der Waals surface area contributed by atoms with Gasteiger partial charge in [0.2, 0.25) is 0 Å². The number of nitrogens with zero attached hydrogens (tertiary/aromatic N) is 1. The summed E-state index contributed by atoms with van der Waals surface area (Å²) in [4.78, 5) is 11.3. The third kappa shape index (κ3) is 2.02. The van der Waals surface area contributed by atoms with Gasteiger partial charge < -0.3 is 9.26 Å². The topological polar surface area (TPSA) is 52.3 Å². The molecule has 0 amide bonds. The van der Waals surface area contributed by atoms with E-state index in [1.807, 2.05) is 13.0 Å². The van der Waals surface area contributed by atoms with E-state index in [9.17, 15) is 4.79 Å². The number of aromatic nitrogens is 1. The second kappa shape index (κ2) is 4.60. The summed E-state index contributed by atoms with van der Waals surface area (Å²) in [5.74, 6) is 0.153. The molecule has 0 radical (unpaired) electrons. The van der Waals surface area contributed by atoms with Gasteiger partial charge in [0.05, 0.1) is 6.61 Å². The van der Waals surface area contributed by atoms with Gasteiger partial charge in [-0.25, -0.2) is 4.79 Å². The van der Waals surface area contributed by atoms with Crippen molar-refractivity contribution in [2.45, 2.75) is 20.8 Å². The molecule has 0 N–H and O–H groups in total. The van der Waals surface area contributed by atoms with Crippen LogP contribution in [0.4, 0.5) is 0 Å². The summed E-state index contributed by atoms with van der Waals surface area (Å²) in [5, 5.41) is 3.65. The summed E-state index contributed by atoms with van der Waals surface area (Å²) >= 11 is 0. The normalized spacial score (nSPS) is 10.8. The van der Waals surface area contributed by atoms with Crippen LogP contribution in [0.5, 0.6) is 0 Å². The van der Waals surface area contributed by atoms with E-state index >= 15 is 0 Å². The first kappa shape index (κ1) is 10.5. The molecule has 0 aliphatic rings. The zero-order chi connectivity index (χ0) is 10.6. The molecule has 1 aromatic heterocycles. The Morgan fingerprint density at radius 1 is 1.64 bits per heavy atom. The van der Waals surface area contributed by atoms with E-state index in [1.54, 1.807) is 19.9 Å². The molecule has 0 aliphatic heterocycles. The summed E-state index contributed by atoms with van der Waals surface area (Å²) in [6.45, 7) is 5.73. The van der Waals surface area contributed by atoms with Crippen molar-refractivity contribution in [2.24, 2.45) is 0 Å². The molecule has 4 heteroatoms. The summed E-state index contributed by atoms with van der Waals surface area (Å²) in [7, 11) is 0. The van der Waals surface area contributed by atoms with Crippen LogP contribution in [-0.4, -0.2) is 17.7 Å². The molecule has 0 fully saturated rings. The van der Waals surface area contributed by atoms with Crippen molar-refractivity contribution in [3.8, 4) is 0 Å². The van der Waals surface area contributed by atoms with E-state index in [0.29, 0.717) is 17.9 Å². The first-order valence-electron chi connectivity index (χ1n) is 4.46. The number of esters is 1. The average Bonchev–Trinajstić information content (AvgIpc) is 2.49. The van der Waals surface area contributed by atoms with E-state index < -0.39 is 5.97 Å². The number of hydrogen-bond donors (Lipinski definition) is 0. The quantitative estimate of drug-likeness (QED) is 0.694. The molecule has 0 aromatic carbocycles. The molecule has 0 unspecified atom stereocenters. The second-order valence-corrected chi connectivity index (χ2v) is 2.74. The Balaban J connectivity index is 2.94. The van der Waals surface area contributed by atoms with Crippen LogP contribution < -0.4 is 0 Å². The highest BCUT2D eigenvalue weighted by Crippen LogP contribution is 2.15. The minimum atomic E-state index is -0.440. The van der Waals surface area contributed by atoms with Crippen molar-refractivity contribution in [3.63, 3.8) is 0 Å². The number of carbonyl (C=O) groups is 1. The SMILES string of the molecule is C/C=C/c1onc(C(=O)OCC)c1C. The first-order chi connectivity index (χ1) is 6.70. The van der Waals surface area contributed by atoms with Gasteiger partial charge in [0, 0.05) is 5.56 Å². The van der Waals surface area contributed by atoms with Gasteiger partial charge in [-0.1, -0.05) is 11.2 Å². The van der Waals surface area contributed by atoms with Crippen LogP contribution in [0.15, 0.2) is 10.6 Å². The third-order valence-electron chi connectivity index (χ3n) is 1.75. The number of rotatable bonds is 3. The fourth-order valence-corrected chi connectivity index (χ4v) is 1.05. The Hall–Kier alpha value is -1.58. The molecular formula is C10H13NO3. The van der Waals surface area contributed by atoms with Crippen molar-refractivity contribution in [3.05, 3.63) is 23.1 Å². The van der Waals surface area contributed by atoms with E-state index in [2.05, 4.69) is 5.16 Å². The van der Waals surface area contributed by atoms with Gasteiger partial charge in [-0.2, -0.15) is 0 Å². The molecule has 0 aliphatic carbocycles. The molecule has 0 atom stereocenters. The maximum absolute atomic E-state index is 11.3. The van der Waals surface area contributed by atoms with Gasteiger partial charge >= 0.3 is 5.97 Å². The van der Waals surface area contributed by atoms with Crippen molar-refractivity contribution in [1.82, 2.24) is 5.16 Å². The third-order valence-corrected chi connectivity index (χ3v) is 1.75. The van der Waals surface area contributed by atoms with E-state index in [-0.39, 0.29) is 5.69 Å². The lowest BCUT2D eigenvalue weighted by molar-refractivity contribution is 0.0514. The molecule has 14 heavy (non-hydrogen) atoms. The highest BCUT2D eigenvalue weighted by atomic mass is 16.5. The Morgan fingerprint density at radius 2 is 2.36 bits per heavy atom. The fraction of sp³-hybridized carbons (Fsp3) is 0.400. The van der Waals surface area contributed by atoms with Crippen LogP contribution in [0.3, 0.4) is 0 Å². The van der Waals surface area contributed by atoms with Crippen molar-refractivity contribution >= 4 is 12.0 Å². The Morgan fingerprint density at radius 3 is 2.93 bits per heavy atom. The Kier molecular flexibility index (Phi) is 3.45. The number of carbonyl (C=O) groups excluding carboxylic acids is 1. The second-order valence-electron chi connectivity index (χ2n) is 2.74. The molecule has 0 spiro atoms. The van der Waals surface area contributed by atoms with Crippen molar-refractivity contribution in [2.75, 3.05) is 6.61 Å². The first-order valence-corrected chi connectivity index (χ1v) is 4.46. The maximum Gasteiger partial charge on any atom is 0.360 e. The van der Waals surface area contributed by atoms with Crippen LogP contribution in [0.2, 0.25) is 0 Å². The molecule has 1 aromatic rings. The summed E-state index contributed by atoms with van der Waals surface area (Å²) in [6, 6.07) is 0. The molecule has 1 rings (SSSR count). The van der Waals surface area contributed by atoms with Crippen LogP contribution in [0.1, 0.15) is 35.7 Å². The van der Waals surface area contributed by atoms with E-state index in [1.165, 1.54) is 0 Å². The molecule has 1 heterocycles. The lowest BCUT2D eigenvalue weighted by atomic mass is 10.2. The lowest BCUT2D eigenvalue weighted by Crippen LogP contribution is -2.06. The van der Waals surface area contributed by atoms with Crippen LogP contribution in [0.25, 0.3) is 6.08 Å². The highest BCUT2D eigenvalue weighted by molar-refractivity contribution is 5.89. The standard InChI is InChI=1S/C10H13NO3/c1-4-6-8-7(3)9(11-14-8)10(12)13-5-2/h4,6H,5H2,1-3H3/b6-4+. The zero-order valence-electron chi connectivity index (χ0n) is 8.53. The van der Waals surface area contributed by atoms with Crippen molar-refractivity contribution < 1.29 is 14.1 Å². The highest BCUT2D eigenvalue weighted by Gasteiger charge is 2.17. The zero-order valence-corrected chi connectivity index (χ0v) is 8.53. The van der Waals surface area contributed by atoms with Gasteiger partial charge in [-0.05, 0) is 26.8 Å². The molecule has 0 saturated carbocycles. The number of ether oxygens (including phenoxy) is 1. The predicted molar refractivity (Wildman–Crippen MR) is 51.9 cm³/mol. The van der Waals surface area contributed by atoms with Gasteiger partial charge in [-0.15, -0.1) is 0 Å². The van der Waals surface area contributed by atoms with E-state index in [0.717, 1.165) is 0 Å². The van der Waals surface area contributed by atoms with Crippen LogP contribution >= 0.6 is 0 Å². The van der Waals surface area contributed by atoms with Gasteiger partial charge in [-0.3, -0.25) is 0 Å².